The van der Waals surface area contributed by atoms with Crippen LogP contribution in [0.2, 0.25) is 15.1 Å². The van der Waals surface area contributed by atoms with E-state index in [1.807, 2.05) is 0 Å². The smallest absolute Gasteiger partial charge is 0.258 e. The van der Waals surface area contributed by atoms with E-state index in [2.05, 4.69) is 5.32 Å². The molecule has 0 saturated carbocycles. The summed E-state index contributed by atoms with van der Waals surface area (Å²) in [5.74, 6) is -0.626. The van der Waals surface area contributed by atoms with Gasteiger partial charge in [-0.2, -0.15) is 0 Å². The van der Waals surface area contributed by atoms with Gasteiger partial charge in [0, 0.05) is 18.2 Å². The molecular weight excluding hydrogens is 375 g/mol. The number of nitrogens with one attached hydrogen (secondary N) is 1. The molecule has 24 heavy (non-hydrogen) atoms. The molecule has 0 atom stereocenters. The third-order valence-corrected chi connectivity index (χ3v) is 4.05. The van der Waals surface area contributed by atoms with Crippen molar-refractivity contribution < 1.29 is 14.3 Å². The predicted octanol–water partition coefficient (Wildman–Crippen LogP) is 3.44. The molecule has 0 bridgehead atoms. The van der Waals surface area contributed by atoms with Gasteiger partial charge in [0.2, 0.25) is 5.91 Å². The first-order valence-corrected chi connectivity index (χ1v) is 7.93. The van der Waals surface area contributed by atoms with Crippen LogP contribution in [0.1, 0.15) is 15.9 Å². The van der Waals surface area contributed by atoms with E-state index in [4.69, 9.17) is 45.3 Å². The van der Waals surface area contributed by atoms with E-state index in [1.165, 1.54) is 12.1 Å². The molecule has 3 N–H and O–H groups in total. The Labute approximate surface area is 153 Å². The Morgan fingerprint density at radius 1 is 1.04 bits per heavy atom. The molecule has 2 aromatic carbocycles. The highest BCUT2D eigenvalue weighted by Gasteiger charge is 2.10. The molecular formula is C16H13Cl3N2O3. The standard InChI is InChI=1S/C16H13Cl3N2O3/c17-11-5-13(19)14(6-12(11)18)24-8-15(22)21-7-9-2-1-3-10(4-9)16(20)23/h1-6H,7-8H2,(H2,20,23)(H,21,22). The topological polar surface area (TPSA) is 81.4 Å². The second-order valence-corrected chi connectivity index (χ2v) is 6.05. The summed E-state index contributed by atoms with van der Waals surface area (Å²) in [4.78, 5) is 23.0. The average molecular weight is 388 g/mol. The molecule has 0 aromatic heterocycles. The van der Waals surface area contributed by atoms with Crippen molar-refractivity contribution in [3.63, 3.8) is 0 Å². The lowest BCUT2D eigenvalue weighted by molar-refractivity contribution is -0.123. The van der Waals surface area contributed by atoms with Crippen molar-refractivity contribution in [2.45, 2.75) is 6.54 Å². The monoisotopic (exact) mass is 386 g/mol. The van der Waals surface area contributed by atoms with Crippen LogP contribution in [0, 0.1) is 0 Å². The van der Waals surface area contributed by atoms with Crippen molar-refractivity contribution in [2.24, 2.45) is 5.73 Å². The van der Waals surface area contributed by atoms with Crippen LogP contribution in [0.3, 0.4) is 0 Å². The molecule has 0 unspecified atom stereocenters. The second kappa shape index (κ2) is 8.24. The van der Waals surface area contributed by atoms with Crippen LogP contribution in [0.4, 0.5) is 0 Å². The van der Waals surface area contributed by atoms with Crippen molar-refractivity contribution in [2.75, 3.05) is 6.61 Å². The maximum Gasteiger partial charge on any atom is 0.258 e. The molecule has 0 aliphatic carbocycles. The Balaban J connectivity index is 1.89. The van der Waals surface area contributed by atoms with Gasteiger partial charge in [-0.1, -0.05) is 46.9 Å². The Kier molecular flexibility index (Phi) is 6.31. The third kappa shape index (κ3) is 5.03. The number of ether oxygens (including phenoxy) is 1. The highest BCUT2D eigenvalue weighted by atomic mass is 35.5. The van der Waals surface area contributed by atoms with Crippen molar-refractivity contribution in [1.82, 2.24) is 5.32 Å². The maximum absolute atomic E-state index is 11.8. The van der Waals surface area contributed by atoms with Crippen LogP contribution in [0.15, 0.2) is 36.4 Å². The zero-order chi connectivity index (χ0) is 17.7. The largest absolute Gasteiger partial charge is 0.482 e. The molecule has 0 aliphatic rings. The van der Waals surface area contributed by atoms with E-state index in [1.54, 1.807) is 24.3 Å². The molecule has 0 fully saturated rings. The van der Waals surface area contributed by atoms with Gasteiger partial charge in [0.1, 0.15) is 5.75 Å². The molecule has 0 spiro atoms. The van der Waals surface area contributed by atoms with Gasteiger partial charge >= 0.3 is 0 Å². The number of rotatable bonds is 6. The van der Waals surface area contributed by atoms with Gasteiger partial charge in [0.15, 0.2) is 6.61 Å². The highest BCUT2D eigenvalue weighted by molar-refractivity contribution is 6.43. The first-order chi connectivity index (χ1) is 11.4. The van der Waals surface area contributed by atoms with Crippen molar-refractivity contribution in [1.29, 1.82) is 0 Å². The van der Waals surface area contributed by atoms with Gasteiger partial charge < -0.3 is 15.8 Å². The van der Waals surface area contributed by atoms with Crippen molar-refractivity contribution in [3.8, 4) is 5.75 Å². The summed E-state index contributed by atoms with van der Waals surface area (Å²) in [6, 6.07) is 9.54. The van der Waals surface area contributed by atoms with Crippen molar-refractivity contribution in [3.05, 3.63) is 62.6 Å². The minimum atomic E-state index is -0.527. The Hall–Kier alpha value is -1.95. The van der Waals surface area contributed by atoms with Crippen LogP contribution in [0.5, 0.6) is 5.75 Å². The Morgan fingerprint density at radius 3 is 2.46 bits per heavy atom. The summed E-state index contributed by atoms with van der Waals surface area (Å²) < 4.78 is 5.32. The predicted molar refractivity (Wildman–Crippen MR) is 93.8 cm³/mol. The highest BCUT2D eigenvalue weighted by Crippen LogP contribution is 2.33. The Bertz CT molecular complexity index is 781. The van der Waals surface area contributed by atoms with Crippen LogP contribution < -0.4 is 15.8 Å². The second-order valence-electron chi connectivity index (χ2n) is 4.83. The van der Waals surface area contributed by atoms with E-state index in [9.17, 15) is 9.59 Å². The number of hydrogen-bond donors (Lipinski definition) is 2. The van der Waals surface area contributed by atoms with Crippen LogP contribution >= 0.6 is 34.8 Å². The van der Waals surface area contributed by atoms with E-state index in [0.29, 0.717) is 10.6 Å². The average Bonchev–Trinajstić information content (AvgIpc) is 2.55. The Morgan fingerprint density at radius 2 is 1.75 bits per heavy atom. The van der Waals surface area contributed by atoms with Gasteiger partial charge in [-0.15, -0.1) is 0 Å². The molecule has 0 radical (unpaired) electrons. The molecule has 0 heterocycles. The molecule has 0 saturated heterocycles. The summed E-state index contributed by atoms with van der Waals surface area (Å²) in [7, 11) is 0. The summed E-state index contributed by atoms with van der Waals surface area (Å²) in [5.41, 5.74) is 6.33. The number of benzene rings is 2. The number of hydrogen-bond acceptors (Lipinski definition) is 3. The molecule has 2 aromatic rings. The molecule has 2 amide bonds. The van der Waals surface area contributed by atoms with E-state index >= 15 is 0 Å². The number of primary amides is 1. The summed E-state index contributed by atoms with van der Waals surface area (Å²) in [5, 5.41) is 3.49. The quantitative estimate of drug-likeness (QED) is 0.745. The molecule has 5 nitrogen and oxygen atoms in total. The van der Waals surface area contributed by atoms with Gasteiger partial charge in [-0.25, -0.2) is 0 Å². The lowest BCUT2D eigenvalue weighted by Gasteiger charge is -2.10. The number of carbonyl (C=O) groups excluding carboxylic acids is 2. The van der Waals surface area contributed by atoms with Crippen LogP contribution in [-0.2, 0) is 11.3 Å². The first kappa shape index (κ1) is 18.4. The van der Waals surface area contributed by atoms with E-state index < -0.39 is 5.91 Å². The van der Waals surface area contributed by atoms with Crippen molar-refractivity contribution >= 4 is 46.6 Å². The van der Waals surface area contributed by atoms with E-state index in [-0.39, 0.29) is 34.9 Å². The molecule has 8 heteroatoms. The van der Waals surface area contributed by atoms with Gasteiger partial charge in [-0.05, 0) is 23.8 Å². The van der Waals surface area contributed by atoms with Gasteiger partial charge in [0.25, 0.3) is 5.91 Å². The summed E-state index contributed by atoms with van der Waals surface area (Å²) >= 11 is 17.7. The number of carbonyl (C=O) groups is 2. The maximum atomic E-state index is 11.8. The normalized spacial score (nSPS) is 10.3. The van der Waals surface area contributed by atoms with Crippen LogP contribution in [-0.4, -0.2) is 18.4 Å². The number of nitrogens with two attached hydrogens (primary N) is 1. The third-order valence-electron chi connectivity index (χ3n) is 3.03. The lowest BCUT2D eigenvalue weighted by Crippen LogP contribution is -2.28. The summed E-state index contributed by atoms with van der Waals surface area (Å²) in [6.07, 6.45) is 0. The minimum Gasteiger partial charge on any atom is -0.482 e. The minimum absolute atomic E-state index is 0.235. The van der Waals surface area contributed by atoms with Gasteiger partial charge in [0.05, 0.1) is 15.1 Å². The zero-order valence-electron chi connectivity index (χ0n) is 12.3. The number of halogens is 3. The SMILES string of the molecule is NC(=O)c1cccc(CNC(=O)COc2cc(Cl)c(Cl)cc2Cl)c1. The summed E-state index contributed by atoms with van der Waals surface area (Å²) in [6.45, 7) is -0.00832. The van der Waals surface area contributed by atoms with E-state index in [0.717, 1.165) is 5.56 Å². The number of amides is 2. The van der Waals surface area contributed by atoms with Gasteiger partial charge in [-0.3, -0.25) is 9.59 Å². The fraction of sp³-hybridized carbons (Fsp3) is 0.125. The fourth-order valence-electron chi connectivity index (χ4n) is 1.84. The lowest BCUT2D eigenvalue weighted by atomic mass is 10.1. The molecule has 2 rings (SSSR count). The first-order valence-electron chi connectivity index (χ1n) is 6.79. The fourth-order valence-corrected chi connectivity index (χ4v) is 2.44. The zero-order valence-corrected chi connectivity index (χ0v) is 14.6. The van der Waals surface area contributed by atoms with Crippen LogP contribution in [0.25, 0.3) is 0 Å². The molecule has 126 valence electrons. The molecule has 0 aliphatic heterocycles.